The summed E-state index contributed by atoms with van der Waals surface area (Å²) in [5.41, 5.74) is 0.925. The summed E-state index contributed by atoms with van der Waals surface area (Å²) in [6.45, 7) is 1.00. The molecule has 0 radical (unpaired) electrons. The van der Waals surface area contributed by atoms with Gasteiger partial charge in [-0.25, -0.2) is 8.42 Å². The van der Waals surface area contributed by atoms with Crippen LogP contribution in [0.3, 0.4) is 0 Å². The summed E-state index contributed by atoms with van der Waals surface area (Å²) in [6.07, 6.45) is 4.51. The second-order valence-electron chi connectivity index (χ2n) is 6.94. The number of hydrogen-bond donors (Lipinski definition) is 1. The number of methoxy groups -OCH3 is 2. The topological polar surface area (TPSA) is 103 Å². The molecule has 0 unspecified atom stereocenters. The van der Waals surface area contributed by atoms with Crippen LogP contribution in [0.15, 0.2) is 35.5 Å². The molecule has 2 heterocycles. The second kappa shape index (κ2) is 8.83. The molecule has 1 aliphatic heterocycles. The van der Waals surface area contributed by atoms with Crippen molar-refractivity contribution in [2.45, 2.75) is 24.3 Å². The second-order valence-corrected chi connectivity index (χ2v) is 8.87. The largest absolute Gasteiger partial charge is 0.493 e. The van der Waals surface area contributed by atoms with Gasteiger partial charge < -0.3 is 14.8 Å². The molecular formula is C19H26N4O5S. The van der Waals surface area contributed by atoms with Gasteiger partial charge in [-0.15, -0.1) is 0 Å². The number of ether oxygens (including phenoxy) is 2. The molecule has 1 N–H and O–H groups in total. The molecule has 1 aromatic heterocycles. The van der Waals surface area contributed by atoms with Gasteiger partial charge in [-0.05, 0) is 25.0 Å². The smallest absolute Gasteiger partial charge is 0.243 e. The van der Waals surface area contributed by atoms with Crippen LogP contribution in [0.2, 0.25) is 0 Å². The number of nitrogens with one attached hydrogen (secondary N) is 1. The normalized spacial score (nSPS) is 15.8. The number of aryl methyl sites for hydroxylation is 1. The first-order valence-corrected chi connectivity index (χ1v) is 10.8. The van der Waals surface area contributed by atoms with Crippen molar-refractivity contribution in [2.75, 3.05) is 27.3 Å². The molecule has 0 aliphatic carbocycles. The van der Waals surface area contributed by atoms with Gasteiger partial charge in [0.05, 0.1) is 25.3 Å². The standard InChI is InChI=1S/C19H26N4O5S/c1-22-13-14(12-21-22)11-20-19(24)15-6-8-23(9-7-15)29(25,26)16-4-5-17(27-2)18(10-16)28-3/h4-5,10,12-13,15H,6-9,11H2,1-3H3,(H,20,24). The van der Waals surface area contributed by atoms with Gasteiger partial charge in [0.25, 0.3) is 0 Å². The minimum absolute atomic E-state index is 0.0583. The summed E-state index contributed by atoms with van der Waals surface area (Å²) in [5.74, 6) is 0.564. The molecule has 1 aliphatic rings. The van der Waals surface area contributed by atoms with Crippen LogP contribution < -0.4 is 14.8 Å². The van der Waals surface area contributed by atoms with Crippen molar-refractivity contribution in [3.8, 4) is 11.5 Å². The Balaban J connectivity index is 1.59. The lowest BCUT2D eigenvalue weighted by Crippen LogP contribution is -2.42. The molecule has 1 saturated heterocycles. The zero-order valence-electron chi connectivity index (χ0n) is 16.8. The predicted molar refractivity (Wildman–Crippen MR) is 106 cm³/mol. The Morgan fingerprint density at radius 3 is 2.48 bits per heavy atom. The monoisotopic (exact) mass is 422 g/mol. The summed E-state index contributed by atoms with van der Waals surface area (Å²) in [4.78, 5) is 12.6. The van der Waals surface area contributed by atoms with E-state index in [0.29, 0.717) is 44.0 Å². The van der Waals surface area contributed by atoms with Gasteiger partial charge in [0.1, 0.15) is 0 Å². The third-order valence-electron chi connectivity index (χ3n) is 5.04. The summed E-state index contributed by atoms with van der Waals surface area (Å²) in [6, 6.07) is 4.54. The predicted octanol–water partition coefficient (Wildman–Crippen LogP) is 1.15. The number of benzene rings is 1. The van der Waals surface area contributed by atoms with E-state index in [0.717, 1.165) is 5.56 Å². The summed E-state index contributed by atoms with van der Waals surface area (Å²) in [7, 11) is 1.11. The lowest BCUT2D eigenvalue weighted by atomic mass is 9.97. The lowest BCUT2D eigenvalue weighted by molar-refractivity contribution is -0.126. The van der Waals surface area contributed by atoms with Gasteiger partial charge in [0, 0.05) is 50.4 Å². The molecule has 0 spiro atoms. The fraction of sp³-hybridized carbons (Fsp3) is 0.474. The Hall–Kier alpha value is -2.59. The van der Waals surface area contributed by atoms with Gasteiger partial charge >= 0.3 is 0 Å². The first-order valence-electron chi connectivity index (χ1n) is 9.32. The average Bonchev–Trinajstić information content (AvgIpc) is 3.16. The van der Waals surface area contributed by atoms with E-state index in [1.165, 1.54) is 30.7 Å². The zero-order valence-corrected chi connectivity index (χ0v) is 17.6. The van der Waals surface area contributed by atoms with Gasteiger partial charge in [0.2, 0.25) is 15.9 Å². The van der Waals surface area contributed by atoms with Crippen LogP contribution in [0.1, 0.15) is 18.4 Å². The van der Waals surface area contributed by atoms with Gasteiger partial charge in [-0.2, -0.15) is 9.40 Å². The van der Waals surface area contributed by atoms with Crippen LogP contribution in [-0.4, -0.2) is 55.7 Å². The lowest BCUT2D eigenvalue weighted by Gasteiger charge is -2.30. The maximum absolute atomic E-state index is 13.0. The minimum Gasteiger partial charge on any atom is -0.493 e. The molecule has 0 atom stereocenters. The molecule has 3 rings (SSSR count). The number of nitrogens with zero attached hydrogens (tertiary/aromatic N) is 3. The van der Waals surface area contributed by atoms with E-state index in [1.807, 2.05) is 13.2 Å². The molecule has 158 valence electrons. The molecule has 1 fully saturated rings. The molecular weight excluding hydrogens is 396 g/mol. The third kappa shape index (κ3) is 4.70. The molecule has 29 heavy (non-hydrogen) atoms. The van der Waals surface area contributed by atoms with E-state index in [2.05, 4.69) is 10.4 Å². The van der Waals surface area contributed by atoms with Crippen LogP contribution in [0, 0.1) is 5.92 Å². The van der Waals surface area contributed by atoms with Crippen LogP contribution in [0.4, 0.5) is 0 Å². The first-order chi connectivity index (χ1) is 13.8. The average molecular weight is 423 g/mol. The molecule has 1 amide bonds. The molecule has 0 bridgehead atoms. The van der Waals surface area contributed by atoms with Crippen molar-refractivity contribution < 1.29 is 22.7 Å². The molecule has 10 heteroatoms. The Morgan fingerprint density at radius 2 is 1.90 bits per heavy atom. The number of sulfonamides is 1. The van der Waals surface area contributed by atoms with Gasteiger partial charge in [-0.1, -0.05) is 0 Å². The van der Waals surface area contributed by atoms with Crippen molar-refractivity contribution in [1.29, 1.82) is 0 Å². The highest BCUT2D eigenvalue weighted by molar-refractivity contribution is 7.89. The number of aromatic nitrogens is 2. The SMILES string of the molecule is COc1ccc(S(=O)(=O)N2CCC(C(=O)NCc3cnn(C)c3)CC2)cc1OC. The number of carbonyl (C=O) groups excluding carboxylic acids is 1. The van der Waals surface area contributed by atoms with E-state index in [1.54, 1.807) is 16.9 Å². The zero-order chi connectivity index (χ0) is 21.0. The number of piperidine rings is 1. The van der Waals surface area contributed by atoms with Crippen LogP contribution >= 0.6 is 0 Å². The van der Waals surface area contributed by atoms with E-state index < -0.39 is 10.0 Å². The third-order valence-corrected chi connectivity index (χ3v) is 6.94. The van der Waals surface area contributed by atoms with Crippen LogP contribution in [0.25, 0.3) is 0 Å². The fourth-order valence-corrected chi connectivity index (χ4v) is 4.87. The van der Waals surface area contributed by atoms with Crippen LogP contribution in [0.5, 0.6) is 11.5 Å². The van der Waals surface area contributed by atoms with Crippen molar-refractivity contribution in [3.63, 3.8) is 0 Å². The number of rotatable bonds is 7. The Kier molecular flexibility index (Phi) is 6.43. The Bertz CT molecular complexity index is 965. The Morgan fingerprint density at radius 1 is 1.21 bits per heavy atom. The molecule has 1 aromatic carbocycles. The molecule has 9 nitrogen and oxygen atoms in total. The molecule has 2 aromatic rings. The van der Waals surface area contributed by atoms with Crippen LogP contribution in [-0.2, 0) is 28.4 Å². The summed E-state index contributed by atoms with van der Waals surface area (Å²) in [5, 5.41) is 6.98. The van der Waals surface area contributed by atoms with E-state index in [9.17, 15) is 13.2 Å². The van der Waals surface area contributed by atoms with E-state index in [4.69, 9.17) is 9.47 Å². The number of hydrogen-bond acceptors (Lipinski definition) is 6. The first kappa shape index (κ1) is 21.1. The maximum atomic E-state index is 13.0. The van der Waals surface area contributed by atoms with Gasteiger partial charge in [-0.3, -0.25) is 9.48 Å². The van der Waals surface area contributed by atoms with Gasteiger partial charge in [0.15, 0.2) is 11.5 Å². The Labute approximate surface area is 170 Å². The van der Waals surface area contributed by atoms with Crippen molar-refractivity contribution in [2.24, 2.45) is 13.0 Å². The maximum Gasteiger partial charge on any atom is 0.243 e. The van der Waals surface area contributed by atoms with E-state index in [-0.39, 0.29) is 16.7 Å². The van der Waals surface area contributed by atoms with Crippen molar-refractivity contribution in [3.05, 3.63) is 36.2 Å². The van der Waals surface area contributed by atoms with Crippen molar-refractivity contribution >= 4 is 15.9 Å². The number of carbonyl (C=O) groups is 1. The highest BCUT2D eigenvalue weighted by Gasteiger charge is 2.32. The summed E-state index contributed by atoms with van der Waals surface area (Å²) < 4.78 is 39.4. The highest BCUT2D eigenvalue weighted by Crippen LogP contribution is 2.32. The quantitative estimate of drug-likeness (QED) is 0.718. The van der Waals surface area contributed by atoms with E-state index >= 15 is 0 Å². The highest BCUT2D eigenvalue weighted by atomic mass is 32.2. The minimum atomic E-state index is -3.67. The summed E-state index contributed by atoms with van der Waals surface area (Å²) >= 11 is 0. The fourth-order valence-electron chi connectivity index (χ4n) is 3.38. The van der Waals surface area contributed by atoms with Crippen molar-refractivity contribution in [1.82, 2.24) is 19.4 Å². The number of amides is 1. The molecule has 0 saturated carbocycles.